The van der Waals surface area contributed by atoms with Gasteiger partial charge in [-0.2, -0.15) is 4.31 Å². The summed E-state index contributed by atoms with van der Waals surface area (Å²) < 4.78 is 32.9. The molecule has 3 rings (SSSR count). The molecule has 0 saturated carbocycles. The lowest BCUT2D eigenvalue weighted by molar-refractivity contribution is 0.0917. The van der Waals surface area contributed by atoms with E-state index in [9.17, 15) is 13.2 Å². The predicted molar refractivity (Wildman–Crippen MR) is 98.3 cm³/mol. The summed E-state index contributed by atoms with van der Waals surface area (Å²) in [6.45, 7) is 3.34. The quantitative estimate of drug-likeness (QED) is 0.730. The van der Waals surface area contributed by atoms with Gasteiger partial charge in [0.2, 0.25) is 0 Å². The molecule has 2 aromatic heterocycles. The van der Waals surface area contributed by atoms with Crippen LogP contribution in [0.1, 0.15) is 10.6 Å². The Morgan fingerprint density at radius 1 is 1.24 bits per heavy atom. The molecule has 7 nitrogen and oxygen atoms in total. The Bertz CT molecular complexity index is 812. The second-order valence-corrected chi connectivity index (χ2v) is 10.2. The van der Waals surface area contributed by atoms with E-state index in [1.165, 1.54) is 21.9 Å². The zero-order chi connectivity index (χ0) is 17.9. The fraction of sp³-hybridized carbons (Fsp3) is 0.400. The number of carbonyl (C=O) groups excluding carboxylic acids is 1. The van der Waals surface area contributed by atoms with Gasteiger partial charge in [0, 0.05) is 39.3 Å². The smallest absolute Gasteiger partial charge is 0.287 e. The van der Waals surface area contributed by atoms with Gasteiger partial charge < -0.3 is 9.73 Å². The number of amides is 1. The highest BCUT2D eigenvalue weighted by molar-refractivity contribution is 9.11. The summed E-state index contributed by atoms with van der Waals surface area (Å²) in [4.78, 5) is 13.9. The number of nitrogens with one attached hydrogen (secondary N) is 1. The van der Waals surface area contributed by atoms with Crippen LogP contribution >= 0.6 is 27.3 Å². The molecule has 0 unspecified atom stereocenters. The average Bonchev–Trinajstić information content (AvgIpc) is 3.27. The normalized spacial score (nSPS) is 16.8. The largest absolute Gasteiger partial charge is 0.459 e. The number of hydrogen-bond donors (Lipinski definition) is 1. The van der Waals surface area contributed by atoms with Crippen LogP contribution < -0.4 is 5.32 Å². The third kappa shape index (κ3) is 4.50. The molecule has 1 N–H and O–H groups in total. The second-order valence-electron chi connectivity index (χ2n) is 5.54. The Labute approximate surface area is 158 Å². The van der Waals surface area contributed by atoms with Crippen LogP contribution in [0.2, 0.25) is 0 Å². The van der Waals surface area contributed by atoms with Crippen molar-refractivity contribution in [1.29, 1.82) is 0 Å². The van der Waals surface area contributed by atoms with Crippen molar-refractivity contribution in [3.8, 4) is 0 Å². The number of nitrogens with zero attached hydrogens (tertiary/aromatic N) is 2. The van der Waals surface area contributed by atoms with E-state index in [0.29, 0.717) is 43.5 Å². The Kier molecular flexibility index (Phi) is 5.95. The fourth-order valence-electron chi connectivity index (χ4n) is 2.58. The molecule has 0 aliphatic carbocycles. The van der Waals surface area contributed by atoms with Gasteiger partial charge in [0.05, 0.1) is 10.0 Å². The lowest BCUT2D eigenvalue weighted by atomic mass is 10.3. The van der Waals surface area contributed by atoms with Crippen molar-refractivity contribution in [2.45, 2.75) is 4.21 Å². The monoisotopic (exact) mass is 447 g/mol. The molecular weight excluding hydrogens is 430 g/mol. The molecule has 2 aromatic rings. The van der Waals surface area contributed by atoms with E-state index >= 15 is 0 Å². The number of rotatable bonds is 6. The molecule has 1 aliphatic rings. The average molecular weight is 448 g/mol. The lowest BCUT2D eigenvalue weighted by Gasteiger charge is -2.33. The fourth-order valence-corrected chi connectivity index (χ4v) is 6.17. The summed E-state index contributed by atoms with van der Waals surface area (Å²) in [6.07, 6.45) is 1.46. The van der Waals surface area contributed by atoms with E-state index in [4.69, 9.17) is 4.42 Å². The molecule has 0 aromatic carbocycles. The van der Waals surface area contributed by atoms with Gasteiger partial charge in [-0.3, -0.25) is 9.69 Å². The molecule has 1 amide bonds. The van der Waals surface area contributed by atoms with Crippen molar-refractivity contribution in [1.82, 2.24) is 14.5 Å². The molecular formula is C15H18BrN3O4S2. The molecule has 10 heteroatoms. The first-order valence-corrected chi connectivity index (χ1v) is 10.8. The first-order chi connectivity index (χ1) is 12.0. The Morgan fingerprint density at radius 2 is 2.00 bits per heavy atom. The second kappa shape index (κ2) is 8.00. The molecule has 1 aliphatic heterocycles. The van der Waals surface area contributed by atoms with Crippen molar-refractivity contribution in [3.05, 3.63) is 40.1 Å². The van der Waals surface area contributed by atoms with E-state index in [1.807, 2.05) is 0 Å². The van der Waals surface area contributed by atoms with Crippen LogP contribution in [-0.4, -0.2) is 62.8 Å². The molecule has 0 atom stereocenters. The SMILES string of the molecule is O=C(NCCN1CCN(S(=O)(=O)c2ccc(Br)s2)CC1)c1ccco1. The van der Waals surface area contributed by atoms with Crippen LogP contribution in [-0.2, 0) is 10.0 Å². The van der Waals surface area contributed by atoms with Gasteiger partial charge in [0.25, 0.3) is 15.9 Å². The van der Waals surface area contributed by atoms with Gasteiger partial charge in [-0.05, 0) is 40.2 Å². The molecule has 0 spiro atoms. The van der Waals surface area contributed by atoms with Gasteiger partial charge in [-0.1, -0.05) is 0 Å². The van der Waals surface area contributed by atoms with Gasteiger partial charge >= 0.3 is 0 Å². The van der Waals surface area contributed by atoms with Crippen LogP contribution in [0.3, 0.4) is 0 Å². The lowest BCUT2D eigenvalue weighted by Crippen LogP contribution is -2.50. The first kappa shape index (κ1) is 18.6. The van der Waals surface area contributed by atoms with E-state index in [1.54, 1.807) is 24.3 Å². The van der Waals surface area contributed by atoms with Crippen molar-refractivity contribution >= 4 is 43.2 Å². The van der Waals surface area contributed by atoms with Crippen LogP contribution in [0.5, 0.6) is 0 Å². The number of thiophene rings is 1. The Hall–Kier alpha value is -1.20. The molecule has 25 heavy (non-hydrogen) atoms. The molecule has 1 saturated heterocycles. The van der Waals surface area contributed by atoms with Gasteiger partial charge in [0.1, 0.15) is 4.21 Å². The maximum Gasteiger partial charge on any atom is 0.287 e. The zero-order valence-electron chi connectivity index (χ0n) is 13.4. The minimum Gasteiger partial charge on any atom is -0.459 e. The number of furan rings is 1. The Balaban J connectivity index is 1.45. The molecule has 0 radical (unpaired) electrons. The van der Waals surface area contributed by atoms with Crippen molar-refractivity contribution in [2.75, 3.05) is 39.3 Å². The van der Waals surface area contributed by atoms with Gasteiger partial charge in [0.15, 0.2) is 5.76 Å². The summed E-state index contributed by atoms with van der Waals surface area (Å²) >= 11 is 4.52. The number of hydrogen-bond acceptors (Lipinski definition) is 6. The number of carbonyl (C=O) groups is 1. The number of halogens is 1. The molecule has 1 fully saturated rings. The van der Waals surface area contributed by atoms with Crippen LogP contribution in [0, 0.1) is 0 Å². The van der Waals surface area contributed by atoms with E-state index in [-0.39, 0.29) is 11.7 Å². The zero-order valence-corrected chi connectivity index (χ0v) is 16.6. The minimum atomic E-state index is -3.42. The van der Waals surface area contributed by atoms with E-state index in [2.05, 4.69) is 26.1 Å². The van der Waals surface area contributed by atoms with Crippen LogP contribution in [0.4, 0.5) is 0 Å². The van der Waals surface area contributed by atoms with Gasteiger partial charge in [-0.15, -0.1) is 11.3 Å². The molecule has 0 bridgehead atoms. The standard InChI is InChI=1S/C15H18BrN3O4S2/c16-13-3-4-14(24-13)25(21,22)19-9-7-18(8-10-19)6-5-17-15(20)12-2-1-11-23-12/h1-4,11H,5-10H2,(H,17,20). The Morgan fingerprint density at radius 3 is 2.60 bits per heavy atom. The topological polar surface area (TPSA) is 82.9 Å². The molecule has 3 heterocycles. The van der Waals surface area contributed by atoms with Crippen molar-refractivity contribution < 1.29 is 17.6 Å². The van der Waals surface area contributed by atoms with Gasteiger partial charge in [-0.25, -0.2) is 8.42 Å². The van der Waals surface area contributed by atoms with Crippen molar-refractivity contribution in [2.24, 2.45) is 0 Å². The summed E-state index contributed by atoms with van der Waals surface area (Å²) in [5.74, 6) is 0.0486. The summed E-state index contributed by atoms with van der Waals surface area (Å²) in [6, 6.07) is 6.65. The summed E-state index contributed by atoms with van der Waals surface area (Å²) in [5, 5.41) is 2.79. The van der Waals surface area contributed by atoms with E-state index in [0.717, 1.165) is 3.79 Å². The van der Waals surface area contributed by atoms with Crippen molar-refractivity contribution in [3.63, 3.8) is 0 Å². The summed E-state index contributed by atoms with van der Waals surface area (Å²) in [7, 11) is -3.42. The summed E-state index contributed by atoms with van der Waals surface area (Å²) in [5.41, 5.74) is 0. The van der Waals surface area contributed by atoms with Crippen LogP contribution in [0.25, 0.3) is 0 Å². The highest BCUT2D eigenvalue weighted by Gasteiger charge is 2.29. The molecule has 136 valence electrons. The first-order valence-electron chi connectivity index (χ1n) is 7.76. The number of piperazine rings is 1. The number of sulfonamides is 1. The van der Waals surface area contributed by atoms with E-state index < -0.39 is 10.0 Å². The third-order valence-corrected chi connectivity index (χ3v) is 7.92. The maximum absolute atomic E-state index is 12.6. The maximum atomic E-state index is 12.6. The highest BCUT2D eigenvalue weighted by Crippen LogP contribution is 2.28. The highest BCUT2D eigenvalue weighted by atomic mass is 79.9. The third-order valence-electron chi connectivity index (χ3n) is 3.93. The van der Waals surface area contributed by atoms with Crippen LogP contribution in [0.15, 0.2) is 42.9 Å². The predicted octanol–water partition coefficient (Wildman–Crippen LogP) is 1.84. The minimum absolute atomic E-state index is 0.241.